The molecule has 1 aromatic heterocycles. The van der Waals surface area contributed by atoms with Crippen molar-refractivity contribution in [2.75, 3.05) is 20.1 Å². The Morgan fingerprint density at radius 1 is 0.889 bits per heavy atom. The van der Waals surface area contributed by atoms with Crippen LogP contribution in [0.3, 0.4) is 0 Å². The van der Waals surface area contributed by atoms with Gasteiger partial charge in [0.2, 0.25) is 0 Å². The van der Waals surface area contributed by atoms with Crippen LogP contribution in [0, 0.1) is 63.2 Å². The van der Waals surface area contributed by atoms with Crippen molar-refractivity contribution >= 4 is 28.2 Å². The Kier molecular flexibility index (Phi) is 9.92. The Balaban J connectivity index is 0.000000247. The van der Waals surface area contributed by atoms with E-state index in [0.29, 0.717) is 11.6 Å². The summed E-state index contributed by atoms with van der Waals surface area (Å²) >= 11 is 5.96. The molecule has 4 rings (SSSR count). The second-order valence-corrected chi connectivity index (χ2v) is 6.30. The fourth-order valence-electron chi connectivity index (χ4n) is 2.64. The molecule has 10 radical (unpaired) electrons. The molecule has 0 saturated heterocycles. The van der Waals surface area contributed by atoms with Gasteiger partial charge in [-0.2, -0.15) is 7.05 Å². The van der Waals surface area contributed by atoms with Crippen LogP contribution in [0.2, 0.25) is 5.02 Å². The summed E-state index contributed by atoms with van der Waals surface area (Å²) in [6.45, 7) is 1.54. The third kappa shape index (κ3) is 6.94. The topological polar surface area (TPSA) is 41.1 Å². The Labute approximate surface area is 179 Å². The molecule has 2 saturated carbocycles. The van der Waals surface area contributed by atoms with Crippen molar-refractivity contribution in [1.82, 2.24) is 4.98 Å². The van der Waals surface area contributed by atoms with Gasteiger partial charge in [-0.25, -0.2) is 0 Å². The molecule has 0 aliphatic heterocycles. The van der Waals surface area contributed by atoms with Crippen LogP contribution in [-0.2, 0) is 17.1 Å². The molecule has 2 fully saturated rings. The Bertz CT molecular complexity index is 682. The van der Waals surface area contributed by atoms with Crippen LogP contribution in [0.1, 0.15) is 0 Å². The third-order valence-corrected chi connectivity index (χ3v) is 4.15. The number of halogens is 1. The van der Waals surface area contributed by atoms with Gasteiger partial charge >= 0.3 is 17.1 Å². The normalized spacial score (nSPS) is 17.4. The fraction of sp³-hybridized carbons (Fsp3) is 0.136. The molecular weight excluding hydrogens is 398 g/mol. The summed E-state index contributed by atoms with van der Waals surface area (Å²) in [4.78, 5) is 4.30. The van der Waals surface area contributed by atoms with Gasteiger partial charge in [0.15, 0.2) is 0 Å². The first-order chi connectivity index (χ1) is 12.8. The van der Waals surface area contributed by atoms with Gasteiger partial charge in [0.25, 0.3) is 0 Å². The molecule has 0 atom stereocenters. The van der Waals surface area contributed by atoms with Crippen molar-refractivity contribution in [3.8, 4) is 0 Å². The summed E-state index contributed by atoms with van der Waals surface area (Å²) in [5.41, 5.74) is 1.84. The van der Waals surface area contributed by atoms with E-state index >= 15 is 0 Å². The number of aromatic nitrogens is 1. The number of hydrogen-bond acceptors (Lipinski definition) is 1. The molecule has 3 nitrogen and oxygen atoms in total. The van der Waals surface area contributed by atoms with Gasteiger partial charge in [0, 0.05) is 11.2 Å². The number of rotatable bonds is 5. The van der Waals surface area contributed by atoms with Gasteiger partial charge in [0.1, 0.15) is 0 Å². The van der Waals surface area contributed by atoms with Gasteiger partial charge in [0.05, 0.1) is 5.52 Å². The molecule has 2 aliphatic rings. The molecule has 0 unspecified atom stereocenters. The number of nitrogens with zero attached hydrogens (tertiary/aromatic N) is 3. The molecule has 2 aromatic rings. The first kappa shape index (κ1) is 22.5. The van der Waals surface area contributed by atoms with E-state index in [1.54, 1.807) is 6.20 Å². The van der Waals surface area contributed by atoms with Crippen molar-refractivity contribution in [2.45, 2.75) is 0 Å². The molecule has 1 heterocycles. The number of fused-ring (bicyclic) bond motifs is 1. The van der Waals surface area contributed by atoms with E-state index in [2.05, 4.69) is 41.3 Å². The monoisotopic (exact) mass is 417 g/mol. The predicted molar refractivity (Wildman–Crippen MR) is 110 cm³/mol. The summed E-state index contributed by atoms with van der Waals surface area (Å²) in [6.07, 6.45) is 18.2. The van der Waals surface area contributed by atoms with Crippen LogP contribution < -0.4 is 0 Å². The summed E-state index contributed by atoms with van der Waals surface area (Å²) in [5.74, 6) is 2.52. The maximum atomic E-state index is 5.96. The second kappa shape index (κ2) is 11.9. The van der Waals surface area contributed by atoms with Crippen molar-refractivity contribution in [3.05, 3.63) is 109 Å². The smallest absolute Gasteiger partial charge is 0.683 e. The zero-order valence-electron chi connectivity index (χ0n) is 15.0. The molecule has 1 aromatic carbocycles. The van der Waals surface area contributed by atoms with E-state index in [0.717, 1.165) is 23.1 Å². The summed E-state index contributed by atoms with van der Waals surface area (Å²) in [7, 11) is 1.83. The van der Waals surface area contributed by atoms with Gasteiger partial charge in [-0.05, 0) is 80.7 Å². The maximum absolute atomic E-state index is 5.96. The average Bonchev–Trinajstić information content (AvgIpc) is 3.34. The molecule has 0 bridgehead atoms. The van der Waals surface area contributed by atoms with Gasteiger partial charge in [-0.3, -0.25) is 4.98 Å². The van der Waals surface area contributed by atoms with Gasteiger partial charge in [-0.15, -0.1) is 18.8 Å². The molecule has 0 amide bonds. The largest absolute Gasteiger partial charge is 2.00 e. The van der Waals surface area contributed by atoms with Crippen LogP contribution in [-0.4, -0.2) is 25.1 Å². The van der Waals surface area contributed by atoms with E-state index in [1.807, 2.05) is 57.0 Å². The van der Waals surface area contributed by atoms with Crippen LogP contribution in [0.25, 0.3) is 21.5 Å². The SMILES string of the molecule is C[N-]C[C]1[CH][CH][CH][CH]1.Clc1ccc2c([N-]C[C]3[CH][CH][CH][CH]3)ccnc2c1.[Fe+2]. The van der Waals surface area contributed by atoms with Crippen LogP contribution in [0.5, 0.6) is 0 Å². The van der Waals surface area contributed by atoms with E-state index in [4.69, 9.17) is 11.6 Å². The van der Waals surface area contributed by atoms with Crippen molar-refractivity contribution in [3.63, 3.8) is 0 Å². The molecule has 27 heavy (non-hydrogen) atoms. The molecule has 0 N–H and O–H groups in total. The maximum Gasteiger partial charge on any atom is 2.00 e. The van der Waals surface area contributed by atoms with E-state index in [-0.39, 0.29) is 17.1 Å². The zero-order valence-corrected chi connectivity index (χ0v) is 16.9. The predicted octanol–water partition coefficient (Wildman–Crippen LogP) is 5.69. The van der Waals surface area contributed by atoms with Gasteiger partial charge in [-0.1, -0.05) is 23.7 Å². The standard InChI is InChI=1S/C15H11ClN2.C7H9N.Fe/c16-12-5-6-13-14(7-8-17-15(13)9-12)18-10-11-3-1-2-4-11;1-8-6-7-4-2-3-5-7;/h1-9H,10H2;2-5H,6H2,1H3;/q2*-1;+2. The van der Waals surface area contributed by atoms with E-state index < -0.39 is 0 Å². The second-order valence-electron chi connectivity index (χ2n) is 5.87. The minimum atomic E-state index is 0. The quantitative estimate of drug-likeness (QED) is 0.576. The first-order valence-corrected chi connectivity index (χ1v) is 8.82. The van der Waals surface area contributed by atoms with Crippen LogP contribution in [0.4, 0.5) is 5.69 Å². The molecule has 0 spiro atoms. The molecule has 5 heteroatoms. The summed E-state index contributed by atoms with van der Waals surface area (Å²) < 4.78 is 0. The minimum Gasteiger partial charge on any atom is -0.683 e. The minimum absolute atomic E-state index is 0. The molecule has 138 valence electrons. The number of benzene rings is 1. The molecule has 2 aliphatic carbocycles. The van der Waals surface area contributed by atoms with E-state index in [1.165, 1.54) is 11.8 Å². The Hall–Kier alpha value is -0.801. The Morgan fingerprint density at radius 2 is 1.52 bits per heavy atom. The van der Waals surface area contributed by atoms with E-state index in [9.17, 15) is 0 Å². The first-order valence-electron chi connectivity index (χ1n) is 8.45. The van der Waals surface area contributed by atoms with Crippen molar-refractivity contribution in [2.24, 2.45) is 0 Å². The third-order valence-electron chi connectivity index (χ3n) is 3.92. The summed E-state index contributed by atoms with van der Waals surface area (Å²) in [5, 5.41) is 10.3. The fourth-order valence-corrected chi connectivity index (χ4v) is 2.81. The zero-order chi connectivity index (χ0) is 18.2. The summed E-state index contributed by atoms with van der Waals surface area (Å²) in [6, 6.07) is 7.62. The van der Waals surface area contributed by atoms with Crippen molar-refractivity contribution < 1.29 is 17.1 Å². The van der Waals surface area contributed by atoms with Crippen molar-refractivity contribution in [1.29, 1.82) is 0 Å². The number of hydrogen-bond donors (Lipinski definition) is 0. The van der Waals surface area contributed by atoms with Crippen LogP contribution in [0.15, 0.2) is 30.5 Å². The Morgan fingerprint density at radius 3 is 2.15 bits per heavy atom. The van der Waals surface area contributed by atoms with Crippen LogP contribution >= 0.6 is 11.6 Å². The number of pyridine rings is 1. The molecular formula is C22H20ClFeN3. The van der Waals surface area contributed by atoms with Gasteiger partial charge < -0.3 is 10.6 Å². The average molecular weight is 418 g/mol.